The summed E-state index contributed by atoms with van der Waals surface area (Å²) in [4.78, 5) is 25.6. The molecule has 0 saturated carbocycles. The predicted octanol–water partition coefficient (Wildman–Crippen LogP) is 0.441. The van der Waals surface area contributed by atoms with Gasteiger partial charge >= 0.3 is 12.0 Å². The lowest BCUT2D eigenvalue weighted by atomic mass is 9.90. The van der Waals surface area contributed by atoms with Crippen molar-refractivity contribution in [3.63, 3.8) is 0 Å². The number of nitrogens with one attached hydrogen (secondary N) is 1. The first kappa shape index (κ1) is 15.1. The summed E-state index contributed by atoms with van der Waals surface area (Å²) in [5, 5.41) is 12.2. The number of ether oxygens (including phenoxy) is 2. The average molecular weight is 286 g/mol. The van der Waals surface area contributed by atoms with Gasteiger partial charge in [0.25, 0.3) is 0 Å². The number of nitrogens with zero attached hydrogens (tertiary/aromatic N) is 1. The molecule has 7 heteroatoms. The molecule has 1 unspecified atom stereocenters. The standard InChI is InChI=1S/C13H22N2O5/c1-2-10-9-20-8-5-15(10)12(18)14-13(11(16)17)3-6-19-7-4-13/h10H,2-9H2,1H3,(H,14,18)(H,16,17). The van der Waals surface area contributed by atoms with Gasteiger partial charge in [-0.2, -0.15) is 0 Å². The minimum atomic E-state index is -1.20. The van der Waals surface area contributed by atoms with Crippen LogP contribution < -0.4 is 5.32 Å². The quantitative estimate of drug-likeness (QED) is 0.786. The maximum atomic E-state index is 12.4. The lowest BCUT2D eigenvalue weighted by Crippen LogP contribution is -2.62. The number of amides is 2. The zero-order chi connectivity index (χ0) is 14.6. The third-order valence-corrected chi connectivity index (χ3v) is 4.06. The van der Waals surface area contributed by atoms with E-state index in [9.17, 15) is 14.7 Å². The number of hydrogen-bond donors (Lipinski definition) is 2. The van der Waals surface area contributed by atoms with E-state index in [1.54, 1.807) is 4.90 Å². The van der Waals surface area contributed by atoms with Gasteiger partial charge in [-0.1, -0.05) is 6.92 Å². The summed E-state index contributed by atoms with van der Waals surface area (Å²) in [6.45, 7) is 4.19. The molecule has 0 radical (unpaired) electrons. The largest absolute Gasteiger partial charge is 0.480 e. The fraction of sp³-hybridized carbons (Fsp3) is 0.846. The second-order valence-electron chi connectivity index (χ2n) is 5.26. The summed E-state index contributed by atoms with van der Waals surface area (Å²) in [6, 6.07) is -0.307. The highest BCUT2D eigenvalue weighted by Gasteiger charge is 2.43. The second kappa shape index (κ2) is 6.41. The van der Waals surface area contributed by atoms with Crippen molar-refractivity contribution in [3.8, 4) is 0 Å². The summed E-state index contributed by atoms with van der Waals surface area (Å²) < 4.78 is 10.6. The highest BCUT2D eigenvalue weighted by molar-refractivity contribution is 5.86. The molecule has 0 aromatic carbocycles. The van der Waals surface area contributed by atoms with Crippen molar-refractivity contribution >= 4 is 12.0 Å². The van der Waals surface area contributed by atoms with Crippen LogP contribution in [0.5, 0.6) is 0 Å². The minimum absolute atomic E-state index is 0.00874. The molecule has 0 aromatic heterocycles. The monoisotopic (exact) mass is 286 g/mol. The van der Waals surface area contributed by atoms with Crippen molar-refractivity contribution in [1.29, 1.82) is 0 Å². The molecule has 7 nitrogen and oxygen atoms in total. The Morgan fingerprint density at radius 3 is 2.60 bits per heavy atom. The highest BCUT2D eigenvalue weighted by atomic mass is 16.5. The molecule has 2 aliphatic heterocycles. The SMILES string of the molecule is CCC1COCCN1C(=O)NC1(C(=O)O)CCOCC1. The number of urea groups is 1. The van der Waals surface area contributed by atoms with E-state index in [-0.39, 0.29) is 12.1 Å². The highest BCUT2D eigenvalue weighted by Crippen LogP contribution is 2.22. The molecule has 0 bridgehead atoms. The van der Waals surface area contributed by atoms with Gasteiger partial charge in [-0.3, -0.25) is 0 Å². The maximum absolute atomic E-state index is 12.4. The van der Waals surface area contributed by atoms with Crippen LogP contribution in [0.3, 0.4) is 0 Å². The Morgan fingerprint density at radius 1 is 1.30 bits per heavy atom. The molecule has 0 aliphatic carbocycles. The topological polar surface area (TPSA) is 88.1 Å². The average Bonchev–Trinajstić information content (AvgIpc) is 2.48. The van der Waals surface area contributed by atoms with E-state index in [4.69, 9.17) is 9.47 Å². The van der Waals surface area contributed by atoms with Gasteiger partial charge in [0.2, 0.25) is 0 Å². The van der Waals surface area contributed by atoms with E-state index in [0.29, 0.717) is 45.8 Å². The zero-order valence-corrected chi connectivity index (χ0v) is 11.8. The van der Waals surface area contributed by atoms with Crippen LogP contribution >= 0.6 is 0 Å². The third-order valence-electron chi connectivity index (χ3n) is 4.06. The number of aliphatic carboxylic acids is 1. The second-order valence-corrected chi connectivity index (χ2v) is 5.26. The van der Waals surface area contributed by atoms with Crippen molar-refractivity contribution in [2.75, 3.05) is 33.0 Å². The van der Waals surface area contributed by atoms with E-state index < -0.39 is 11.5 Å². The number of carboxylic acid groups (broad SMARTS) is 1. The molecular formula is C13H22N2O5. The lowest BCUT2D eigenvalue weighted by molar-refractivity contribution is -0.148. The summed E-state index contributed by atoms with van der Waals surface area (Å²) >= 11 is 0. The summed E-state index contributed by atoms with van der Waals surface area (Å²) in [5.41, 5.74) is -1.20. The number of rotatable bonds is 3. The summed E-state index contributed by atoms with van der Waals surface area (Å²) in [5.74, 6) is -0.990. The van der Waals surface area contributed by atoms with Gasteiger partial charge in [0.1, 0.15) is 5.54 Å². The van der Waals surface area contributed by atoms with Crippen molar-refractivity contribution in [3.05, 3.63) is 0 Å². The molecule has 2 rings (SSSR count). The van der Waals surface area contributed by atoms with Crippen LogP contribution in [-0.4, -0.2) is 66.6 Å². The number of hydrogen-bond acceptors (Lipinski definition) is 4. The van der Waals surface area contributed by atoms with Crippen molar-refractivity contribution in [2.24, 2.45) is 0 Å². The van der Waals surface area contributed by atoms with Crippen LogP contribution in [0.25, 0.3) is 0 Å². The fourth-order valence-electron chi connectivity index (χ4n) is 2.65. The van der Waals surface area contributed by atoms with E-state index >= 15 is 0 Å². The van der Waals surface area contributed by atoms with Gasteiger partial charge in [0, 0.05) is 32.6 Å². The Morgan fingerprint density at radius 2 is 2.00 bits per heavy atom. The van der Waals surface area contributed by atoms with E-state index in [0.717, 1.165) is 6.42 Å². The normalized spacial score (nSPS) is 26.1. The first-order chi connectivity index (χ1) is 9.59. The Hall–Kier alpha value is -1.34. The first-order valence-electron chi connectivity index (χ1n) is 7.07. The smallest absolute Gasteiger partial charge is 0.329 e. The van der Waals surface area contributed by atoms with Gasteiger partial charge in [0.15, 0.2) is 0 Å². The van der Waals surface area contributed by atoms with E-state index in [1.807, 2.05) is 6.92 Å². The van der Waals surface area contributed by atoms with Gasteiger partial charge in [0.05, 0.1) is 19.3 Å². The molecule has 2 N–H and O–H groups in total. The molecule has 2 aliphatic rings. The third kappa shape index (κ3) is 3.04. The van der Waals surface area contributed by atoms with Crippen LogP contribution in [0.2, 0.25) is 0 Å². The van der Waals surface area contributed by atoms with Crippen molar-refractivity contribution < 1.29 is 24.2 Å². The Balaban J connectivity index is 2.05. The van der Waals surface area contributed by atoms with Crippen LogP contribution in [-0.2, 0) is 14.3 Å². The van der Waals surface area contributed by atoms with E-state index in [1.165, 1.54) is 0 Å². The van der Waals surface area contributed by atoms with Gasteiger partial charge in [-0.25, -0.2) is 9.59 Å². The molecule has 1 atom stereocenters. The summed E-state index contributed by atoms with van der Waals surface area (Å²) in [7, 11) is 0. The molecule has 2 amide bonds. The zero-order valence-electron chi connectivity index (χ0n) is 11.8. The predicted molar refractivity (Wildman–Crippen MR) is 70.6 cm³/mol. The molecule has 0 aromatic rings. The lowest BCUT2D eigenvalue weighted by Gasteiger charge is -2.39. The van der Waals surface area contributed by atoms with Gasteiger partial charge < -0.3 is 24.8 Å². The van der Waals surface area contributed by atoms with Gasteiger partial charge in [-0.05, 0) is 6.42 Å². The van der Waals surface area contributed by atoms with Crippen molar-refractivity contribution in [2.45, 2.75) is 37.8 Å². The molecule has 2 heterocycles. The fourth-order valence-corrected chi connectivity index (χ4v) is 2.65. The molecular weight excluding hydrogens is 264 g/mol. The Kier molecular flexibility index (Phi) is 4.82. The minimum Gasteiger partial charge on any atom is -0.480 e. The first-order valence-corrected chi connectivity index (χ1v) is 7.07. The number of carbonyl (C=O) groups is 2. The summed E-state index contributed by atoms with van der Waals surface area (Å²) in [6.07, 6.45) is 1.39. The van der Waals surface area contributed by atoms with Crippen molar-refractivity contribution in [1.82, 2.24) is 10.2 Å². The number of carboxylic acids is 1. The number of morpholine rings is 1. The molecule has 0 spiro atoms. The van der Waals surface area contributed by atoms with Crippen LogP contribution in [0, 0.1) is 0 Å². The maximum Gasteiger partial charge on any atom is 0.329 e. The molecule has 2 fully saturated rings. The number of carbonyl (C=O) groups excluding carboxylic acids is 1. The molecule has 20 heavy (non-hydrogen) atoms. The van der Waals surface area contributed by atoms with Crippen LogP contribution in [0.15, 0.2) is 0 Å². The Bertz CT molecular complexity index is 368. The van der Waals surface area contributed by atoms with E-state index in [2.05, 4.69) is 5.32 Å². The van der Waals surface area contributed by atoms with Crippen LogP contribution in [0.1, 0.15) is 26.2 Å². The van der Waals surface area contributed by atoms with Crippen LogP contribution in [0.4, 0.5) is 4.79 Å². The molecule has 114 valence electrons. The Labute approximate surface area is 118 Å². The molecule has 2 saturated heterocycles. The van der Waals surface area contributed by atoms with Gasteiger partial charge in [-0.15, -0.1) is 0 Å².